The van der Waals surface area contributed by atoms with E-state index < -0.39 is 0 Å². The fourth-order valence-electron chi connectivity index (χ4n) is 1.76. The average molecular weight is 294 g/mol. The fraction of sp³-hybridized carbons (Fsp3) is 0.286. The molecule has 0 aliphatic rings. The van der Waals surface area contributed by atoms with Crippen molar-refractivity contribution in [1.29, 1.82) is 0 Å². The molecule has 1 atom stereocenters. The minimum Gasteiger partial charge on any atom is -0.360 e. The number of urea groups is 1. The van der Waals surface area contributed by atoms with Crippen LogP contribution in [0.25, 0.3) is 0 Å². The zero-order chi connectivity index (χ0) is 14.7. The van der Waals surface area contributed by atoms with Crippen LogP contribution in [0.3, 0.4) is 0 Å². The Balaban J connectivity index is 2.04. The molecule has 1 aromatic heterocycles. The summed E-state index contributed by atoms with van der Waals surface area (Å²) in [5.41, 5.74) is 1.00. The molecule has 2 rings (SSSR count). The highest BCUT2D eigenvalue weighted by Gasteiger charge is 2.18. The Bertz CT molecular complexity index is 595. The van der Waals surface area contributed by atoms with Gasteiger partial charge < -0.3 is 9.42 Å². The summed E-state index contributed by atoms with van der Waals surface area (Å²) >= 11 is 5.86. The van der Waals surface area contributed by atoms with Crippen LogP contribution in [0.5, 0.6) is 0 Å². The number of hydrogen-bond donors (Lipinski definition) is 1. The van der Waals surface area contributed by atoms with Gasteiger partial charge in [0, 0.05) is 18.1 Å². The van der Waals surface area contributed by atoms with Crippen LogP contribution in [0.15, 0.2) is 34.9 Å². The predicted molar refractivity (Wildman–Crippen MR) is 77.9 cm³/mol. The molecule has 2 aromatic rings. The van der Waals surface area contributed by atoms with Gasteiger partial charge in [0.25, 0.3) is 0 Å². The van der Waals surface area contributed by atoms with Crippen molar-refractivity contribution in [3.63, 3.8) is 0 Å². The van der Waals surface area contributed by atoms with Gasteiger partial charge in [0.1, 0.15) is 5.76 Å². The summed E-state index contributed by atoms with van der Waals surface area (Å²) in [5.74, 6) is 1.05. The number of hydrogen-bond acceptors (Lipinski definition) is 3. The number of carbonyl (C=O) groups is 1. The van der Waals surface area contributed by atoms with Crippen molar-refractivity contribution >= 4 is 23.4 Å². The van der Waals surface area contributed by atoms with E-state index in [-0.39, 0.29) is 12.1 Å². The highest BCUT2D eigenvalue weighted by atomic mass is 35.5. The molecule has 20 heavy (non-hydrogen) atoms. The maximum Gasteiger partial charge on any atom is 0.323 e. The molecular formula is C14H16ClN3O2. The van der Waals surface area contributed by atoms with Crippen molar-refractivity contribution in [3.05, 3.63) is 46.7 Å². The number of carbonyl (C=O) groups excluding carboxylic acids is 1. The van der Waals surface area contributed by atoms with Gasteiger partial charge in [-0.15, -0.1) is 0 Å². The molecule has 0 saturated carbocycles. The first-order chi connectivity index (χ1) is 9.47. The van der Waals surface area contributed by atoms with Crippen LogP contribution in [0.4, 0.5) is 10.6 Å². The molecule has 1 aromatic carbocycles. The van der Waals surface area contributed by atoms with Gasteiger partial charge in [-0.2, -0.15) is 0 Å². The van der Waals surface area contributed by atoms with Gasteiger partial charge >= 0.3 is 6.03 Å². The number of aryl methyl sites for hydroxylation is 1. The Kier molecular flexibility index (Phi) is 4.29. The molecule has 0 radical (unpaired) electrons. The second-order valence-corrected chi connectivity index (χ2v) is 5.03. The van der Waals surface area contributed by atoms with Crippen LogP contribution in [-0.2, 0) is 0 Å². The highest BCUT2D eigenvalue weighted by Crippen LogP contribution is 2.21. The molecule has 6 heteroatoms. The molecule has 1 heterocycles. The van der Waals surface area contributed by atoms with Crippen LogP contribution in [0.2, 0.25) is 5.02 Å². The molecule has 1 unspecified atom stereocenters. The third kappa shape index (κ3) is 3.30. The molecule has 0 saturated heterocycles. The Hall–Kier alpha value is -2.01. The van der Waals surface area contributed by atoms with E-state index in [4.69, 9.17) is 16.1 Å². The van der Waals surface area contributed by atoms with Gasteiger partial charge in [-0.1, -0.05) is 28.9 Å². The lowest BCUT2D eigenvalue weighted by Crippen LogP contribution is -2.33. The largest absolute Gasteiger partial charge is 0.360 e. The lowest BCUT2D eigenvalue weighted by Gasteiger charge is -2.25. The standard InChI is InChI=1S/C14H16ClN3O2/c1-9-8-13(17-20-9)16-14(19)18(3)10(2)11-4-6-12(15)7-5-11/h4-8,10H,1-3H3,(H,16,17,19). The molecule has 0 aliphatic heterocycles. The van der Waals surface area contributed by atoms with Crippen molar-refractivity contribution in [1.82, 2.24) is 10.1 Å². The van der Waals surface area contributed by atoms with Gasteiger partial charge in [0.2, 0.25) is 0 Å². The van der Waals surface area contributed by atoms with Crippen LogP contribution in [0.1, 0.15) is 24.3 Å². The number of rotatable bonds is 3. The smallest absolute Gasteiger partial charge is 0.323 e. The highest BCUT2D eigenvalue weighted by molar-refractivity contribution is 6.30. The summed E-state index contributed by atoms with van der Waals surface area (Å²) in [7, 11) is 1.72. The van der Waals surface area contributed by atoms with E-state index >= 15 is 0 Å². The van der Waals surface area contributed by atoms with Gasteiger partial charge in [0.15, 0.2) is 5.82 Å². The molecule has 5 nitrogen and oxygen atoms in total. The van der Waals surface area contributed by atoms with Crippen molar-refractivity contribution in [2.24, 2.45) is 0 Å². The number of amides is 2. The Morgan fingerprint density at radius 1 is 1.40 bits per heavy atom. The molecule has 0 fully saturated rings. The maximum atomic E-state index is 12.1. The zero-order valence-electron chi connectivity index (χ0n) is 11.6. The second-order valence-electron chi connectivity index (χ2n) is 4.59. The summed E-state index contributed by atoms with van der Waals surface area (Å²) in [5, 5.41) is 7.08. The molecule has 2 amide bonds. The average Bonchev–Trinajstić information content (AvgIpc) is 2.83. The van der Waals surface area contributed by atoms with E-state index in [2.05, 4.69) is 10.5 Å². The molecule has 1 N–H and O–H groups in total. The number of nitrogens with zero attached hydrogens (tertiary/aromatic N) is 2. The fourth-order valence-corrected chi connectivity index (χ4v) is 1.89. The molecule has 106 valence electrons. The van der Waals surface area contributed by atoms with Crippen LogP contribution < -0.4 is 5.32 Å². The topological polar surface area (TPSA) is 58.4 Å². The Morgan fingerprint density at radius 3 is 2.60 bits per heavy atom. The normalized spacial score (nSPS) is 12.0. The number of benzene rings is 1. The van der Waals surface area contributed by atoms with Crippen molar-refractivity contribution < 1.29 is 9.32 Å². The predicted octanol–water partition coefficient (Wildman–Crippen LogP) is 3.86. The first kappa shape index (κ1) is 14.4. The summed E-state index contributed by atoms with van der Waals surface area (Å²) in [4.78, 5) is 13.7. The number of aromatic nitrogens is 1. The third-order valence-corrected chi connectivity index (χ3v) is 3.37. The zero-order valence-corrected chi connectivity index (χ0v) is 12.3. The number of anilines is 1. The summed E-state index contributed by atoms with van der Waals surface area (Å²) < 4.78 is 4.91. The Labute approximate surface area is 122 Å². The van der Waals surface area contributed by atoms with Crippen molar-refractivity contribution in [2.45, 2.75) is 19.9 Å². The van der Waals surface area contributed by atoms with Gasteiger partial charge in [-0.25, -0.2) is 4.79 Å². The first-order valence-corrected chi connectivity index (χ1v) is 6.58. The van der Waals surface area contributed by atoms with Gasteiger partial charge in [-0.3, -0.25) is 5.32 Å². The van der Waals surface area contributed by atoms with E-state index in [1.807, 2.05) is 19.1 Å². The van der Waals surface area contributed by atoms with E-state index in [1.165, 1.54) is 0 Å². The molecule has 0 aliphatic carbocycles. The van der Waals surface area contributed by atoms with Gasteiger partial charge in [-0.05, 0) is 31.5 Å². The van der Waals surface area contributed by atoms with Crippen LogP contribution >= 0.6 is 11.6 Å². The summed E-state index contributed by atoms with van der Waals surface area (Å²) in [6.45, 7) is 3.71. The third-order valence-electron chi connectivity index (χ3n) is 3.12. The van der Waals surface area contributed by atoms with E-state index in [0.29, 0.717) is 16.6 Å². The van der Waals surface area contributed by atoms with Gasteiger partial charge in [0.05, 0.1) is 6.04 Å². The lowest BCUT2D eigenvalue weighted by molar-refractivity contribution is 0.208. The maximum absolute atomic E-state index is 12.1. The summed E-state index contributed by atoms with van der Waals surface area (Å²) in [6.07, 6.45) is 0. The molecule has 0 bridgehead atoms. The van der Waals surface area contributed by atoms with Crippen LogP contribution in [-0.4, -0.2) is 23.1 Å². The Morgan fingerprint density at radius 2 is 2.05 bits per heavy atom. The monoisotopic (exact) mass is 293 g/mol. The first-order valence-electron chi connectivity index (χ1n) is 6.20. The van der Waals surface area contributed by atoms with Crippen LogP contribution in [0, 0.1) is 6.92 Å². The lowest BCUT2D eigenvalue weighted by atomic mass is 10.1. The minimum atomic E-state index is -0.249. The van der Waals surface area contributed by atoms with E-state index in [9.17, 15) is 4.79 Å². The molecular weight excluding hydrogens is 278 g/mol. The number of halogens is 1. The minimum absolute atomic E-state index is 0.0831. The molecule has 0 spiro atoms. The summed E-state index contributed by atoms with van der Waals surface area (Å²) in [6, 6.07) is 8.74. The van der Waals surface area contributed by atoms with Crippen molar-refractivity contribution in [3.8, 4) is 0 Å². The van der Waals surface area contributed by atoms with E-state index in [1.54, 1.807) is 37.1 Å². The van der Waals surface area contributed by atoms with E-state index in [0.717, 1.165) is 5.56 Å². The van der Waals surface area contributed by atoms with Crippen molar-refractivity contribution in [2.75, 3.05) is 12.4 Å². The number of nitrogens with one attached hydrogen (secondary N) is 1. The quantitative estimate of drug-likeness (QED) is 0.935. The second kappa shape index (κ2) is 5.96. The SMILES string of the molecule is Cc1cc(NC(=O)N(C)C(C)c2ccc(Cl)cc2)no1.